The molecule has 2 fully saturated rings. The summed E-state index contributed by atoms with van der Waals surface area (Å²) in [5, 5.41) is 0. The number of hydrogen-bond acceptors (Lipinski definition) is 25. The minimum Gasteiger partial charge on any atom is -0.459 e. The van der Waals surface area contributed by atoms with Gasteiger partial charge in [0.1, 0.15) is 31.5 Å². The summed E-state index contributed by atoms with van der Waals surface area (Å²) in [6.45, 7) is 0.632. The number of aryl methyl sites for hydroxylation is 1. The molecular formula is C78H76O25S. The Bertz CT molecular complexity index is 4130. The average Bonchev–Trinajstić information content (AvgIpc) is 0.759. The summed E-state index contributed by atoms with van der Waals surface area (Å²) in [6, 6.07) is 60.7. The molecule has 2 saturated heterocycles. The molecule has 0 N–H and O–H groups in total. The van der Waals surface area contributed by atoms with E-state index in [0.29, 0.717) is 0 Å². The summed E-state index contributed by atoms with van der Waals surface area (Å²) in [6.07, 6.45) is -18.7. The number of rotatable bonds is 36. The molecule has 2 aliphatic heterocycles. The summed E-state index contributed by atoms with van der Waals surface area (Å²) in [7, 11) is -3.93. The molecule has 26 heteroatoms. The van der Waals surface area contributed by atoms with Crippen LogP contribution in [0.1, 0.15) is 78.1 Å². The first-order valence-electron chi connectivity index (χ1n) is 33.3. The Morgan fingerprint density at radius 3 is 0.952 bits per heavy atom. The van der Waals surface area contributed by atoms with E-state index in [9.17, 15) is 42.0 Å². The zero-order valence-electron chi connectivity index (χ0n) is 56.4. The number of esters is 7. The Kier molecular flexibility index (Phi) is 28.8. The minimum atomic E-state index is -3.93. The van der Waals surface area contributed by atoms with E-state index in [1.54, 1.807) is 140 Å². The van der Waals surface area contributed by atoms with Gasteiger partial charge in [-0.25, -0.2) is 33.6 Å². The van der Waals surface area contributed by atoms with Crippen LogP contribution in [-0.4, -0.2) is 191 Å². The van der Waals surface area contributed by atoms with Gasteiger partial charge in [0, 0.05) is 0 Å². The second-order valence-corrected chi connectivity index (χ2v) is 24.8. The van der Waals surface area contributed by atoms with E-state index >= 15 is 0 Å². The lowest BCUT2D eigenvalue weighted by atomic mass is 9.95. The molecule has 8 aromatic rings. The predicted molar refractivity (Wildman–Crippen MR) is 367 cm³/mol. The van der Waals surface area contributed by atoms with Crippen LogP contribution >= 0.6 is 0 Å². The van der Waals surface area contributed by atoms with Gasteiger partial charge in [-0.1, -0.05) is 145 Å². The minimum absolute atomic E-state index is 0.000997. The normalized spacial score (nSPS) is 20.0. The first-order chi connectivity index (χ1) is 50.7. The number of ether oxygens (including phenoxy) is 15. The van der Waals surface area contributed by atoms with Crippen molar-refractivity contribution < 1.29 is 117 Å². The highest BCUT2D eigenvalue weighted by Crippen LogP contribution is 2.37. The quantitative estimate of drug-likeness (QED) is 0.0153. The van der Waals surface area contributed by atoms with E-state index in [0.717, 1.165) is 5.56 Å². The van der Waals surface area contributed by atoms with Crippen molar-refractivity contribution in [3.05, 3.63) is 281 Å². The topological polar surface area (TPSA) is 301 Å². The monoisotopic (exact) mass is 1440 g/mol. The predicted octanol–water partition coefficient (Wildman–Crippen LogP) is 9.46. The molecule has 104 heavy (non-hydrogen) atoms. The van der Waals surface area contributed by atoms with E-state index < -0.39 is 127 Å². The second-order valence-electron chi connectivity index (χ2n) is 23.2. The van der Waals surface area contributed by atoms with E-state index in [4.69, 9.17) is 75.2 Å². The van der Waals surface area contributed by atoms with Crippen LogP contribution in [0.4, 0.5) is 0 Å². The fraction of sp³-hybridized carbons (Fsp3) is 0.295. The average molecular weight is 1450 g/mol. The van der Waals surface area contributed by atoms with E-state index in [1.807, 2.05) is 6.92 Å². The maximum absolute atomic E-state index is 14.8. The number of benzene rings is 8. The Morgan fingerprint density at radius 1 is 0.308 bits per heavy atom. The second kappa shape index (κ2) is 39.3. The van der Waals surface area contributed by atoms with E-state index in [-0.39, 0.29) is 110 Å². The molecule has 0 spiro atoms. The van der Waals surface area contributed by atoms with Gasteiger partial charge in [-0.2, -0.15) is 8.42 Å². The van der Waals surface area contributed by atoms with Gasteiger partial charge >= 0.3 is 41.8 Å². The third-order valence-corrected chi connectivity index (χ3v) is 17.2. The summed E-state index contributed by atoms with van der Waals surface area (Å²) in [5.41, 5.74) is 1.15. The fourth-order valence-corrected chi connectivity index (χ4v) is 11.6. The molecule has 10 rings (SSSR count). The third-order valence-electron chi connectivity index (χ3n) is 15.9. The maximum Gasteiger partial charge on any atom is 0.338 e. The molecule has 0 radical (unpaired) electrons. The van der Waals surface area contributed by atoms with E-state index in [2.05, 4.69) is 0 Å². The zero-order valence-corrected chi connectivity index (χ0v) is 57.2. The molecule has 0 bridgehead atoms. The van der Waals surface area contributed by atoms with Gasteiger partial charge in [0.05, 0.1) is 110 Å². The SMILES string of the molecule is Cc1ccc(S(=O)(=O)OCCOCCOCCOCCOCCO[C@@H]2O[C@H](COC(=O)c3ccccc3)[C@@H](O[C@@H]3O[C@H](COC(=O)c4ccccc4)[C@H](OC(=O)c4ccccc4)[C@H](OC(=O)c4ccccc4)[C@H]3OC(=O)c3ccccc3)[C@H](OC(=O)c3ccccc3)[C@H]2OC(=O)c2ccccc2)cc1. The highest BCUT2D eigenvalue weighted by molar-refractivity contribution is 7.86. The molecule has 0 aliphatic carbocycles. The maximum atomic E-state index is 14.8. The largest absolute Gasteiger partial charge is 0.459 e. The molecule has 0 amide bonds. The lowest BCUT2D eigenvalue weighted by Gasteiger charge is -2.48. The molecule has 0 unspecified atom stereocenters. The van der Waals surface area contributed by atoms with Crippen LogP contribution in [0.25, 0.3) is 0 Å². The van der Waals surface area contributed by atoms with Gasteiger partial charge in [0.15, 0.2) is 43.1 Å². The van der Waals surface area contributed by atoms with Gasteiger partial charge < -0.3 is 71.1 Å². The van der Waals surface area contributed by atoms with Crippen molar-refractivity contribution in [2.45, 2.75) is 73.2 Å². The Morgan fingerprint density at radius 2 is 0.587 bits per heavy atom. The highest BCUT2D eigenvalue weighted by Gasteiger charge is 2.58. The van der Waals surface area contributed by atoms with Crippen LogP contribution in [0.15, 0.2) is 241 Å². The lowest BCUT2D eigenvalue weighted by Crippen LogP contribution is -2.67. The van der Waals surface area contributed by atoms with Crippen molar-refractivity contribution in [2.24, 2.45) is 0 Å². The standard InChI is InChI=1S/C78H76O25S/c1-53-37-39-61(40-38-53)104(86,87)95-50-48-91-46-44-89-42-41-88-43-45-90-47-49-92-77-68(101-75(84)59-33-19-7-20-34-59)67(100-74(83)58-31-17-6-18-32-58)65(63(96-77)52-94-71(80)55-25-11-3-12-26-55)103-78-69(102-76(85)60-35-21-8-22-36-60)66(99-73(82)57-29-15-5-16-30-57)64(98-72(81)56-27-13-4-14-28-56)62(97-78)51-93-70(79)54-23-9-2-10-24-54/h2-40,62-69,77-78H,41-52H2,1H3/t62-,63-,64+,65-,66+,67+,68-,69-,77-,78+/m1/s1. The first kappa shape index (κ1) is 76.3. The van der Waals surface area contributed by atoms with Crippen molar-refractivity contribution in [3.8, 4) is 0 Å². The molecule has 0 saturated carbocycles. The van der Waals surface area contributed by atoms with Gasteiger partial charge in [0.2, 0.25) is 0 Å². The van der Waals surface area contributed by atoms with Crippen molar-refractivity contribution in [1.29, 1.82) is 0 Å². The number of carbonyl (C=O) groups is 7. The molecular weight excluding hydrogens is 1370 g/mol. The smallest absolute Gasteiger partial charge is 0.338 e. The van der Waals surface area contributed by atoms with Gasteiger partial charge in [-0.05, 0) is 104 Å². The van der Waals surface area contributed by atoms with Crippen LogP contribution in [-0.2, 0) is 85.4 Å². The van der Waals surface area contributed by atoms with Crippen LogP contribution in [0.3, 0.4) is 0 Å². The van der Waals surface area contributed by atoms with Crippen LogP contribution in [0.5, 0.6) is 0 Å². The molecule has 8 aromatic carbocycles. The zero-order chi connectivity index (χ0) is 72.9. The Labute approximate surface area is 600 Å². The van der Waals surface area contributed by atoms with Crippen molar-refractivity contribution in [1.82, 2.24) is 0 Å². The van der Waals surface area contributed by atoms with Gasteiger partial charge in [-0.15, -0.1) is 0 Å². The Balaban J connectivity index is 0.949. The lowest BCUT2D eigenvalue weighted by molar-refractivity contribution is -0.356. The molecule has 0 aromatic heterocycles. The van der Waals surface area contributed by atoms with Crippen LogP contribution < -0.4 is 0 Å². The van der Waals surface area contributed by atoms with Crippen molar-refractivity contribution in [3.63, 3.8) is 0 Å². The summed E-state index contributed by atoms with van der Waals surface area (Å²) >= 11 is 0. The van der Waals surface area contributed by atoms with Crippen LogP contribution in [0, 0.1) is 6.92 Å². The van der Waals surface area contributed by atoms with Gasteiger partial charge in [0.25, 0.3) is 10.1 Å². The van der Waals surface area contributed by atoms with E-state index in [1.165, 1.54) is 97.1 Å². The summed E-state index contributed by atoms with van der Waals surface area (Å²) < 4.78 is 123. The Hall–Kier alpha value is -10.4. The highest BCUT2D eigenvalue weighted by atomic mass is 32.2. The first-order valence-corrected chi connectivity index (χ1v) is 34.7. The summed E-state index contributed by atoms with van der Waals surface area (Å²) in [5.74, 6) is -6.75. The molecule has 25 nitrogen and oxygen atoms in total. The number of carbonyl (C=O) groups excluding carboxylic acids is 7. The van der Waals surface area contributed by atoms with Gasteiger partial charge in [-0.3, -0.25) is 4.18 Å². The van der Waals surface area contributed by atoms with Crippen LogP contribution in [0.2, 0.25) is 0 Å². The molecule has 544 valence electrons. The summed E-state index contributed by atoms with van der Waals surface area (Å²) in [4.78, 5) is 101. The molecule has 2 heterocycles. The number of hydrogen-bond donors (Lipinski definition) is 0. The third kappa shape index (κ3) is 22.3. The molecule has 2 aliphatic rings. The van der Waals surface area contributed by atoms with Crippen molar-refractivity contribution >= 4 is 51.9 Å². The fourth-order valence-electron chi connectivity index (χ4n) is 10.7. The molecule has 10 atom stereocenters. The van der Waals surface area contributed by atoms with Crippen molar-refractivity contribution in [2.75, 3.05) is 79.3 Å².